The number of nitrogens with one attached hydrogen (secondary N) is 1. The van der Waals surface area contributed by atoms with Crippen LogP contribution in [0.5, 0.6) is 0 Å². The van der Waals surface area contributed by atoms with Gasteiger partial charge in [-0.05, 0) is 51.7 Å². The molecule has 2 unspecified atom stereocenters. The van der Waals surface area contributed by atoms with Crippen molar-refractivity contribution in [3.8, 4) is 0 Å². The minimum Gasteiger partial charge on any atom is -0.302 e. The van der Waals surface area contributed by atoms with Gasteiger partial charge < -0.3 is 5.32 Å². The summed E-state index contributed by atoms with van der Waals surface area (Å²) in [5, 5.41) is 4.92. The van der Waals surface area contributed by atoms with Gasteiger partial charge in [-0.2, -0.15) is 0 Å². The van der Waals surface area contributed by atoms with Crippen LogP contribution in [-0.4, -0.2) is 4.98 Å². The lowest BCUT2D eigenvalue weighted by Crippen LogP contribution is -2.26. The molecule has 3 rings (SSSR count). The fourth-order valence-electron chi connectivity index (χ4n) is 3.02. The first-order valence-electron chi connectivity index (χ1n) is 7.02. The van der Waals surface area contributed by atoms with E-state index in [0.29, 0.717) is 12.1 Å². The molecule has 0 saturated heterocycles. The maximum atomic E-state index is 6.18. The monoisotopic (exact) mass is 326 g/mol. The lowest BCUT2D eigenvalue weighted by atomic mass is 9.93. The molecule has 108 valence electrons. The zero-order chi connectivity index (χ0) is 14.3. The quantitative estimate of drug-likeness (QED) is 0.838. The fraction of sp³-hybridized carbons (Fsp3) is 0.533. The topological polar surface area (TPSA) is 24.9 Å². The molecule has 2 aromatic rings. The Balaban J connectivity index is 1.80. The molecule has 0 bridgehead atoms. The van der Waals surface area contributed by atoms with Gasteiger partial charge in [0.05, 0.1) is 15.0 Å². The zero-order valence-corrected chi connectivity index (χ0v) is 14.4. The van der Waals surface area contributed by atoms with Crippen molar-refractivity contribution in [2.75, 3.05) is 0 Å². The van der Waals surface area contributed by atoms with Crippen LogP contribution in [0.1, 0.15) is 57.9 Å². The Bertz CT molecular complexity index is 617. The second kappa shape index (κ2) is 5.76. The standard InChI is InChI=1S/C15H19ClN2S2/c1-8-15(19-10(3)17-8)9(2)18-12-5-4-6-13-11(12)7-14(16)20-13/h7,9,12,18H,4-6H2,1-3H3. The van der Waals surface area contributed by atoms with Gasteiger partial charge in [-0.25, -0.2) is 4.98 Å². The van der Waals surface area contributed by atoms with E-state index >= 15 is 0 Å². The van der Waals surface area contributed by atoms with Crippen molar-refractivity contribution in [2.24, 2.45) is 0 Å². The van der Waals surface area contributed by atoms with Crippen LogP contribution in [0.4, 0.5) is 0 Å². The van der Waals surface area contributed by atoms with Crippen LogP contribution >= 0.6 is 34.3 Å². The summed E-state index contributed by atoms with van der Waals surface area (Å²) in [5.41, 5.74) is 2.57. The molecule has 0 aromatic carbocycles. The van der Waals surface area contributed by atoms with Crippen molar-refractivity contribution in [3.05, 3.63) is 36.4 Å². The highest BCUT2D eigenvalue weighted by atomic mass is 35.5. The van der Waals surface area contributed by atoms with Gasteiger partial charge >= 0.3 is 0 Å². The molecule has 0 aliphatic heterocycles. The molecule has 1 N–H and O–H groups in total. The Morgan fingerprint density at radius 2 is 2.20 bits per heavy atom. The average Bonchev–Trinajstić information content (AvgIpc) is 2.91. The van der Waals surface area contributed by atoms with Gasteiger partial charge in [0.25, 0.3) is 0 Å². The van der Waals surface area contributed by atoms with Crippen LogP contribution in [0.15, 0.2) is 6.07 Å². The van der Waals surface area contributed by atoms with Gasteiger partial charge in [0.15, 0.2) is 0 Å². The number of halogens is 1. The first-order valence-corrected chi connectivity index (χ1v) is 9.03. The summed E-state index contributed by atoms with van der Waals surface area (Å²) in [6.45, 7) is 6.41. The Kier molecular flexibility index (Phi) is 4.18. The van der Waals surface area contributed by atoms with Gasteiger partial charge in [0.1, 0.15) is 0 Å². The summed E-state index contributed by atoms with van der Waals surface area (Å²) in [4.78, 5) is 7.35. The molecular formula is C15H19ClN2S2. The molecule has 2 aromatic heterocycles. The number of rotatable bonds is 3. The second-order valence-electron chi connectivity index (χ2n) is 5.44. The fourth-order valence-corrected chi connectivity index (χ4v) is 5.34. The molecule has 0 saturated carbocycles. The molecule has 20 heavy (non-hydrogen) atoms. The van der Waals surface area contributed by atoms with E-state index in [2.05, 4.69) is 37.1 Å². The summed E-state index contributed by atoms with van der Waals surface area (Å²) in [6.07, 6.45) is 3.62. The predicted molar refractivity (Wildman–Crippen MR) is 88.1 cm³/mol. The Hall–Kier alpha value is -0.420. The Morgan fingerprint density at radius 3 is 2.90 bits per heavy atom. The first kappa shape index (κ1) is 14.5. The Morgan fingerprint density at radius 1 is 1.40 bits per heavy atom. The molecule has 2 nitrogen and oxygen atoms in total. The van der Waals surface area contributed by atoms with Crippen molar-refractivity contribution >= 4 is 34.3 Å². The lowest BCUT2D eigenvalue weighted by Gasteiger charge is -2.27. The van der Waals surface area contributed by atoms with E-state index in [-0.39, 0.29) is 0 Å². The highest BCUT2D eigenvalue weighted by Crippen LogP contribution is 2.39. The lowest BCUT2D eigenvalue weighted by molar-refractivity contribution is 0.420. The van der Waals surface area contributed by atoms with E-state index in [1.165, 1.54) is 34.6 Å². The third kappa shape index (κ3) is 2.80. The van der Waals surface area contributed by atoms with E-state index in [0.717, 1.165) is 15.0 Å². The third-order valence-electron chi connectivity index (χ3n) is 3.87. The zero-order valence-electron chi connectivity index (χ0n) is 12.0. The molecule has 0 amide bonds. The van der Waals surface area contributed by atoms with Crippen LogP contribution in [-0.2, 0) is 6.42 Å². The molecule has 2 heterocycles. The van der Waals surface area contributed by atoms with Gasteiger partial charge in [-0.15, -0.1) is 22.7 Å². The van der Waals surface area contributed by atoms with Crippen LogP contribution in [0, 0.1) is 13.8 Å². The average molecular weight is 327 g/mol. The molecule has 0 spiro atoms. The Labute approximate surface area is 133 Å². The van der Waals surface area contributed by atoms with Gasteiger partial charge in [0, 0.05) is 21.8 Å². The smallest absolute Gasteiger partial charge is 0.0934 e. The van der Waals surface area contributed by atoms with E-state index in [1.807, 2.05) is 0 Å². The highest BCUT2D eigenvalue weighted by Gasteiger charge is 2.25. The minimum absolute atomic E-state index is 0.343. The third-order valence-corrected chi connectivity index (χ3v) is 6.46. The van der Waals surface area contributed by atoms with E-state index in [9.17, 15) is 0 Å². The number of thiophene rings is 1. The first-order chi connectivity index (χ1) is 9.54. The van der Waals surface area contributed by atoms with E-state index in [1.54, 1.807) is 22.7 Å². The normalized spacial score (nSPS) is 19.9. The SMILES string of the molecule is Cc1nc(C)c(C(C)NC2CCCc3sc(Cl)cc32)s1. The van der Waals surface area contributed by atoms with Crippen molar-refractivity contribution in [1.29, 1.82) is 0 Å². The molecular weight excluding hydrogens is 308 g/mol. The predicted octanol–water partition coefficient (Wildman–Crippen LogP) is 5.20. The minimum atomic E-state index is 0.343. The summed E-state index contributed by atoms with van der Waals surface area (Å²) < 4.78 is 0.918. The van der Waals surface area contributed by atoms with E-state index < -0.39 is 0 Å². The maximum Gasteiger partial charge on any atom is 0.0934 e. The molecule has 0 fully saturated rings. The number of nitrogens with zero attached hydrogens (tertiary/aromatic N) is 1. The van der Waals surface area contributed by atoms with Crippen LogP contribution < -0.4 is 5.32 Å². The van der Waals surface area contributed by atoms with Gasteiger partial charge in [0.2, 0.25) is 0 Å². The summed E-state index contributed by atoms with van der Waals surface area (Å²) in [5.74, 6) is 0. The molecule has 2 atom stereocenters. The van der Waals surface area contributed by atoms with Gasteiger partial charge in [-0.1, -0.05) is 11.6 Å². The van der Waals surface area contributed by atoms with Crippen LogP contribution in [0.25, 0.3) is 0 Å². The summed E-state index contributed by atoms with van der Waals surface area (Å²) in [7, 11) is 0. The number of hydrogen-bond donors (Lipinski definition) is 1. The van der Waals surface area contributed by atoms with Crippen molar-refractivity contribution in [1.82, 2.24) is 10.3 Å². The van der Waals surface area contributed by atoms with Crippen LogP contribution in [0.3, 0.4) is 0 Å². The highest BCUT2D eigenvalue weighted by molar-refractivity contribution is 7.16. The molecule has 1 aliphatic rings. The summed E-state index contributed by atoms with van der Waals surface area (Å²) >= 11 is 9.72. The van der Waals surface area contributed by atoms with Crippen LogP contribution in [0.2, 0.25) is 4.34 Å². The molecule has 5 heteroatoms. The largest absolute Gasteiger partial charge is 0.302 e. The number of fused-ring (bicyclic) bond motifs is 1. The maximum absolute atomic E-state index is 6.18. The van der Waals surface area contributed by atoms with Crippen molar-refractivity contribution in [2.45, 2.75) is 52.1 Å². The second-order valence-corrected chi connectivity index (χ2v) is 8.45. The van der Waals surface area contributed by atoms with Crippen molar-refractivity contribution < 1.29 is 0 Å². The van der Waals surface area contributed by atoms with E-state index in [4.69, 9.17) is 11.6 Å². The van der Waals surface area contributed by atoms with Gasteiger partial charge in [-0.3, -0.25) is 0 Å². The number of aryl methyl sites for hydroxylation is 3. The summed E-state index contributed by atoms with van der Waals surface area (Å²) in [6, 6.07) is 2.92. The molecule has 1 aliphatic carbocycles. The molecule has 0 radical (unpaired) electrons. The number of thiazole rings is 1. The van der Waals surface area contributed by atoms with Crippen molar-refractivity contribution in [3.63, 3.8) is 0 Å². The number of aromatic nitrogens is 1. The number of hydrogen-bond acceptors (Lipinski definition) is 4.